The lowest BCUT2D eigenvalue weighted by atomic mass is 10.2. The van der Waals surface area contributed by atoms with Gasteiger partial charge in [0.05, 0.1) is 12.3 Å². The lowest BCUT2D eigenvalue weighted by molar-refractivity contribution is -0.114. The van der Waals surface area contributed by atoms with Crippen LogP contribution in [0.3, 0.4) is 0 Å². The van der Waals surface area contributed by atoms with Crippen molar-refractivity contribution in [1.82, 2.24) is 15.0 Å². The van der Waals surface area contributed by atoms with E-state index in [2.05, 4.69) is 20.9 Å². The summed E-state index contributed by atoms with van der Waals surface area (Å²) in [4.78, 5) is 23.7. The number of rotatable bonds is 6. The van der Waals surface area contributed by atoms with Gasteiger partial charge in [-0.3, -0.25) is 9.59 Å². The Bertz CT molecular complexity index is 936. The molecule has 3 rings (SSSR count). The third-order valence-electron chi connectivity index (χ3n) is 3.72. The topological polar surface area (TPSA) is 98.1 Å². The molecule has 0 saturated carbocycles. The number of hydrogen-bond acceptors (Lipinski definition) is 5. The molecule has 0 atom stereocenters. The molecule has 2 amide bonds. The minimum absolute atomic E-state index is 0.159. The number of methoxy groups -OCH3 is 1. The Morgan fingerprint density at radius 3 is 2.22 bits per heavy atom. The SMILES string of the molecule is COCc1c(C(=O)Nc2ccc(NC(C)=O)cc2)nnn1-c1ccccc1. The van der Waals surface area contributed by atoms with Crippen LogP contribution < -0.4 is 10.6 Å². The molecule has 3 aromatic rings. The molecule has 0 spiro atoms. The third-order valence-corrected chi connectivity index (χ3v) is 3.72. The number of hydrogen-bond donors (Lipinski definition) is 2. The van der Waals surface area contributed by atoms with Crippen molar-refractivity contribution >= 4 is 23.2 Å². The largest absolute Gasteiger partial charge is 0.378 e. The van der Waals surface area contributed by atoms with E-state index in [9.17, 15) is 9.59 Å². The Morgan fingerprint density at radius 1 is 1.00 bits per heavy atom. The zero-order valence-corrected chi connectivity index (χ0v) is 15.0. The third kappa shape index (κ3) is 4.36. The van der Waals surface area contributed by atoms with E-state index in [0.29, 0.717) is 17.1 Å². The summed E-state index contributed by atoms with van der Waals surface area (Å²) in [6.07, 6.45) is 0. The van der Waals surface area contributed by atoms with Gasteiger partial charge in [0.25, 0.3) is 5.91 Å². The van der Waals surface area contributed by atoms with Crippen molar-refractivity contribution in [1.29, 1.82) is 0 Å². The highest BCUT2D eigenvalue weighted by molar-refractivity contribution is 6.03. The van der Waals surface area contributed by atoms with Gasteiger partial charge < -0.3 is 15.4 Å². The number of nitrogens with zero attached hydrogens (tertiary/aromatic N) is 3. The average molecular weight is 365 g/mol. The van der Waals surface area contributed by atoms with E-state index >= 15 is 0 Å². The first-order chi connectivity index (χ1) is 13.1. The zero-order valence-electron chi connectivity index (χ0n) is 15.0. The Hall–Kier alpha value is -3.52. The van der Waals surface area contributed by atoms with Crippen molar-refractivity contribution in [2.75, 3.05) is 17.7 Å². The molecule has 0 aliphatic heterocycles. The highest BCUT2D eigenvalue weighted by atomic mass is 16.5. The van der Waals surface area contributed by atoms with Gasteiger partial charge >= 0.3 is 0 Å². The van der Waals surface area contributed by atoms with Crippen molar-refractivity contribution in [2.45, 2.75) is 13.5 Å². The summed E-state index contributed by atoms with van der Waals surface area (Å²) in [5, 5.41) is 13.6. The highest BCUT2D eigenvalue weighted by Crippen LogP contribution is 2.17. The standard InChI is InChI=1S/C19H19N5O3/c1-13(25)20-14-8-10-15(11-9-14)21-19(26)18-17(12-27-2)24(23-22-18)16-6-4-3-5-7-16/h3-11H,12H2,1-2H3,(H,20,25)(H,21,26). The van der Waals surface area contributed by atoms with Crippen molar-refractivity contribution in [2.24, 2.45) is 0 Å². The van der Waals surface area contributed by atoms with Crippen LogP contribution in [0.15, 0.2) is 54.6 Å². The van der Waals surface area contributed by atoms with Gasteiger partial charge in [0.1, 0.15) is 5.69 Å². The smallest absolute Gasteiger partial charge is 0.278 e. The van der Waals surface area contributed by atoms with E-state index in [4.69, 9.17) is 4.74 Å². The number of carbonyl (C=O) groups excluding carboxylic acids is 2. The van der Waals surface area contributed by atoms with Gasteiger partial charge in [0.15, 0.2) is 5.69 Å². The maximum atomic E-state index is 12.7. The van der Waals surface area contributed by atoms with Crippen LogP contribution in [-0.4, -0.2) is 33.9 Å². The molecule has 0 saturated heterocycles. The van der Waals surface area contributed by atoms with Gasteiger partial charge in [-0.15, -0.1) is 5.10 Å². The fraction of sp³-hybridized carbons (Fsp3) is 0.158. The molecule has 1 aromatic heterocycles. The van der Waals surface area contributed by atoms with E-state index in [1.165, 1.54) is 6.92 Å². The summed E-state index contributed by atoms with van der Waals surface area (Å²) in [6, 6.07) is 16.2. The quantitative estimate of drug-likeness (QED) is 0.700. The zero-order chi connectivity index (χ0) is 19.2. The van der Waals surface area contributed by atoms with Gasteiger partial charge in [0, 0.05) is 25.4 Å². The summed E-state index contributed by atoms with van der Waals surface area (Å²) in [7, 11) is 1.55. The first-order valence-corrected chi connectivity index (χ1v) is 8.26. The van der Waals surface area contributed by atoms with Crippen molar-refractivity contribution in [3.8, 4) is 5.69 Å². The lowest BCUT2D eigenvalue weighted by Crippen LogP contribution is -2.16. The van der Waals surface area contributed by atoms with Crippen LogP contribution >= 0.6 is 0 Å². The minimum atomic E-state index is -0.392. The minimum Gasteiger partial charge on any atom is -0.378 e. The Kier molecular flexibility index (Phi) is 5.58. The summed E-state index contributed by atoms with van der Waals surface area (Å²) in [5.41, 5.74) is 2.75. The van der Waals surface area contributed by atoms with Crippen LogP contribution in [0.4, 0.5) is 11.4 Å². The maximum absolute atomic E-state index is 12.7. The molecule has 0 radical (unpaired) electrons. The Balaban J connectivity index is 1.82. The number of carbonyl (C=O) groups is 2. The maximum Gasteiger partial charge on any atom is 0.278 e. The van der Waals surface area contributed by atoms with Crippen LogP contribution in [0.25, 0.3) is 5.69 Å². The Labute approximate surface area is 156 Å². The number of nitrogens with one attached hydrogen (secondary N) is 2. The molecule has 1 heterocycles. The monoisotopic (exact) mass is 365 g/mol. The number of amides is 2. The summed E-state index contributed by atoms with van der Waals surface area (Å²) in [5.74, 6) is -0.551. The van der Waals surface area contributed by atoms with Crippen molar-refractivity contribution < 1.29 is 14.3 Å². The number of aromatic nitrogens is 3. The van der Waals surface area contributed by atoms with Gasteiger partial charge in [-0.1, -0.05) is 23.4 Å². The number of benzene rings is 2. The second-order valence-corrected chi connectivity index (χ2v) is 5.78. The molecular weight excluding hydrogens is 346 g/mol. The van der Waals surface area contributed by atoms with E-state index in [0.717, 1.165) is 5.69 Å². The molecular formula is C19H19N5O3. The van der Waals surface area contributed by atoms with Crippen molar-refractivity contribution in [3.63, 3.8) is 0 Å². The number of anilines is 2. The average Bonchev–Trinajstić information content (AvgIpc) is 3.08. The van der Waals surface area contributed by atoms with E-state index in [1.807, 2.05) is 30.3 Å². The second-order valence-electron chi connectivity index (χ2n) is 5.78. The first-order valence-electron chi connectivity index (χ1n) is 8.26. The molecule has 0 aliphatic rings. The molecule has 0 unspecified atom stereocenters. The van der Waals surface area contributed by atoms with Crippen LogP contribution in [0, 0.1) is 0 Å². The normalized spacial score (nSPS) is 10.4. The predicted octanol–water partition coefficient (Wildman–Crippen LogP) is 2.62. The van der Waals surface area contributed by atoms with Crippen LogP contribution in [0.1, 0.15) is 23.1 Å². The summed E-state index contributed by atoms with van der Waals surface area (Å²) < 4.78 is 6.80. The summed E-state index contributed by atoms with van der Waals surface area (Å²) >= 11 is 0. The van der Waals surface area contributed by atoms with Gasteiger partial charge in [-0.25, -0.2) is 4.68 Å². The van der Waals surface area contributed by atoms with Gasteiger partial charge in [-0.2, -0.15) is 0 Å². The first kappa shape index (κ1) is 18.3. The molecule has 0 aliphatic carbocycles. The molecule has 0 bridgehead atoms. The highest BCUT2D eigenvalue weighted by Gasteiger charge is 2.20. The number of ether oxygens (including phenoxy) is 1. The second kappa shape index (κ2) is 8.24. The van der Waals surface area contributed by atoms with Gasteiger partial charge in [0.2, 0.25) is 5.91 Å². The summed E-state index contributed by atoms with van der Waals surface area (Å²) in [6.45, 7) is 1.62. The molecule has 2 N–H and O–H groups in total. The number of para-hydroxylation sites is 1. The van der Waals surface area contributed by atoms with Crippen LogP contribution in [0.5, 0.6) is 0 Å². The Morgan fingerprint density at radius 2 is 1.63 bits per heavy atom. The fourth-order valence-electron chi connectivity index (χ4n) is 2.55. The molecule has 138 valence electrons. The van der Waals surface area contributed by atoms with E-state index < -0.39 is 5.91 Å². The molecule has 2 aromatic carbocycles. The molecule has 8 heteroatoms. The molecule has 8 nitrogen and oxygen atoms in total. The van der Waals surface area contributed by atoms with Crippen LogP contribution in [0.2, 0.25) is 0 Å². The lowest BCUT2D eigenvalue weighted by Gasteiger charge is -2.08. The fourth-order valence-corrected chi connectivity index (χ4v) is 2.55. The van der Waals surface area contributed by atoms with Crippen LogP contribution in [-0.2, 0) is 16.1 Å². The van der Waals surface area contributed by atoms with E-state index in [1.54, 1.807) is 36.1 Å². The molecule has 27 heavy (non-hydrogen) atoms. The van der Waals surface area contributed by atoms with Crippen molar-refractivity contribution in [3.05, 3.63) is 66.0 Å². The molecule has 0 fully saturated rings. The van der Waals surface area contributed by atoms with Gasteiger partial charge in [-0.05, 0) is 36.4 Å². The van der Waals surface area contributed by atoms with E-state index in [-0.39, 0.29) is 18.2 Å². The predicted molar refractivity (Wildman–Crippen MR) is 101 cm³/mol.